The zero-order chi connectivity index (χ0) is 13.3. The summed E-state index contributed by atoms with van der Waals surface area (Å²) >= 11 is 4.81. The molecule has 6 heteroatoms. The number of allylic oxidation sites excluding steroid dienone is 1. The summed E-state index contributed by atoms with van der Waals surface area (Å²) in [5.41, 5.74) is 1.52. The van der Waals surface area contributed by atoms with Crippen LogP contribution in [-0.2, 0) is 0 Å². The average molecular weight is 328 g/mol. The minimum atomic E-state index is -0.272. The maximum Gasteiger partial charge on any atom is 0.284 e. The molecule has 4 nitrogen and oxygen atoms in total. The highest BCUT2D eigenvalue weighted by atomic mass is 79.9. The number of hydrogen-bond acceptors (Lipinski definition) is 4. The first-order valence-electron chi connectivity index (χ1n) is 5.60. The Morgan fingerprint density at radius 3 is 2.94 bits per heavy atom. The van der Waals surface area contributed by atoms with E-state index in [1.165, 1.54) is 5.57 Å². The normalized spacial score (nSPS) is 14.6. The first-order chi connectivity index (χ1) is 8.58. The maximum atomic E-state index is 11.8. The first-order valence-corrected chi connectivity index (χ1v) is 7.61. The highest BCUT2D eigenvalue weighted by molar-refractivity contribution is 9.10. The number of fused-ring (bicyclic) bond motifs is 1. The van der Waals surface area contributed by atoms with Gasteiger partial charge in [0.2, 0.25) is 0 Å². The molecule has 0 fully saturated rings. The van der Waals surface area contributed by atoms with Crippen LogP contribution in [0.1, 0.15) is 19.8 Å². The number of pyridine rings is 1. The Bertz CT molecular complexity index is 690. The van der Waals surface area contributed by atoms with E-state index in [-0.39, 0.29) is 5.56 Å². The van der Waals surface area contributed by atoms with Gasteiger partial charge in [-0.3, -0.25) is 4.79 Å². The van der Waals surface area contributed by atoms with Crippen LogP contribution in [0.15, 0.2) is 30.9 Å². The van der Waals surface area contributed by atoms with Gasteiger partial charge in [-0.2, -0.15) is 0 Å². The summed E-state index contributed by atoms with van der Waals surface area (Å²) in [5.74, 6) is 5.81. The van der Waals surface area contributed by atoms with Crippen molar-refractivity contribution in [2.24, 2.45) is 4.99 Å². The van der Waals surface area contributed by atoms with E-state index in [0.717, 1.165) is 27.8 Å². The SMILES string of the molecule is CCC1=C(SC)N=c2c(cc(Br)c(=O)n2N)=CC1. The van der Waals surface area contributed by atoms with Gasteiger partial charge in [-0.1, -0.05) is 13.0 Å². The molecule has 0 saturated heterocycles. The molecule has 2 rings (SSSR count). The first kappa shape index (κ1) is 13.4. The van der Waals surface area contributed by atoms with Gasteiger partial charge >= 0.3 is 0 Å². The van der Waals surface area contributed by atoms with E-state index in [2.05, 4.69) is 33.9 Å². The second-order valence-electron chi connectivity index (χ2n) is 3.93. The third-order valence-corrected chi connectivity index (χ3v) is 4.22. The number of thioether (sulfide) groups is 1. The molecule has 96 valence electrons. The van der Waals surface area contributed by atoms with Crippen molar-refractivity contribution in [1.29, 1.82) is 0 Å². The molecule has 1 aliphatic rings. The van der Waals surface area contributed by atoms with Crippen LogP contribution in [-0.4, -0.2) is 10.9 Å². The summed E-state index contributed by atoms with van der Waals surface area (Å²) in [6, 6.07) is 1.78. The molecule has 2 heterocycles. The van der Waals surface area contributed by atoms with Gasteiger partial charge in [0.15, 0.2) is 5.49 Å². The van der Waals surface area contributed by atoms with Gasteiger partial charge in [-0.05, 0) is 46.7 Å². The molecule has 1 aromatic rings. The van der Waals surface area contributed by atoms with Crippen molar-refractivity contribution in [2.75, 3.05) is 12.1 Å². The Kier molecular flexibility index (Phi) is 3.97. The van der Waals surface area contributed by atoms with Crippen molar-refractivity contribution in [2.45, 2.75) is 19.8 Å². The fraction of sp³-hybridized carbons (Fsp3) is 0.333. The van der Waals surface area contributed by atoms with Crippen LogP contribution in [0, 0.1) is 0 Å². The molecular weight excluding hydrogens is 314 g/mol. The van der Waals surface area contributed by atoms with Gasteiger partial charge in [-0.15, -0.1) is 11.8 Å². The minimum Gasteiger partial charge on any atom is -0.334 e. The fourth-order valence-electron chi connectivity index (χ4n) is 1.86. The molecule has 0 bridgehead atoms. The maximum absolute atomic E-state index is 11.8. The Morgan fingerprint density at radius 2 is 2.33 bits per heavy atom. The van der Waals surface area contributed by atoms with Crippen LogP contribution >= 0.6 is 27.7 Å². The molecule has 0 amide bonds. The predicted molar refractivity (Wildman–Crippen MR) is 79.2 cm³/mol. The van der Waals surface area contributed by atoms with E-state index in [1.54, 1.807) is 17.8 Å². The lowest BCUT2D eigenvalue weighted by Gasteiger charge is -2.04. The number of nitrogen functional groups attached to an aromatic ring is 1. The van der Waals surface area contributed by atoms with Crippen LogP contribution in [0.5, 0.6) is 0 Å². The molecule has 1 aliphatic heterocycles. The largest absolute Gasteiger partial charge is 0.334 e. The summed E-state index contributed by atoms with van der Waals surface area (Å²) in [4.78, 5) is 16.3. The number of halogens is 1. The zero-order valence-electron chi connectivity index (χ0n) is 10.2. The lowest BCUT2D eigenvalue weighted by Crippen LogP contribution is -2.47. The highest BCUT2D eigenvalue weighted by Gasteiger charge is 2.09. The Balaban J connectivity index is 2.84. The topological polar surface area (TPSA) is 60.4 Å². The zero-order valence-corrected chi connectivity index (χ0v) is 12.6. The van der Waals surface area contributed by atoms with Crippen LogP contribution in [0.3, 0.4) is 0 Å². The van der Waals surface area contributed by atoms with Gasteiger partial charge in [0.05, 0.1) is 9.50 Å². The van der Waals surface area contributed by atoms with Crippen LogP contribution in [0.4, 0.5) is 0 Å². The molecule has 0 aliphatic carbocycles. The number of nitrogens with zero attached hydrogens (tertiary/aromatic N) is 2. The number of nitrogens with two attached hydrogens (primary N) is 1. The molecule has 0 spiro atoms. The molecule has 2 N–H and O–H groups in total. The smallest absolute Gasteiger partial charge is 0.284 e. The van der Waals surface area contributed by atoms with Crippen LogP contribution in [0.25, 0.3) is 6.08 Å². The van der Waals surface area contributed by atoms with E-state index in [1.807, 2.05) is 6.26 Å². The lowest BCUT2D eigenvalue weighted by atomic mass is 10.1. The standard InChI is InChI=1S/C12H14BrN3OS/c1-3-7-4-5-8-6-9(13)12(17)16(14)10(8)15-11(7)18-2/h5-6H,3-4,14H2,1-2H3. The third kappa shape index (κ3) is 2.27. The Labute approximate surface area is 117 Å². The predicted octanol–water partition coefficient (Wildman–Crippen LogP) is 1.11. The number of rotatable bonds is 2. The Morgan fingerprint density at radius 1 is 1.61 bits per heavy atom. The summed E-state index contributed by atoms with van der Waals surface area (Å²) < 4.78 is 1.56. The summed E-state index contributed by atoms with van der Waals surface area (Å²) in [6.07, 6.45) is 5.83. The quantitative estimate of drug-likeness (QED) is 0.828. The summed E-state index contributed by atoms with van der Waals surface area (Å²) in [5, 5.41) is 1.84. The van der Waals surface area contributed by atoms with Crippen molar-refractivity contribution in [3.05, 3.63) is 42.2 Å². The third-order valence-electron chi connectivity index (χ3n) is 2.89. The van der Waals surface area contributed by atoms with Crippen molar-refractivity contribution in [3.63, 3.8) is 0 Å². The van der Waals surface area contributed by atoms with Crippen molar-refractivity contribution < 1.29 is 0 Å². The molecule has 0 unspecified atom stereocenters. The van der Waals surface area contributed by atoms with Gasteiger partial charge in [-0.25, -0.2) is 9.67 Å². The molecule has 0 atom stereocenters. The van der Waals surface area contributed by atoms with E-state index < -0.39 is 0 Å². The van der Waals surface area contributed by atoms with Crippen molar-refractivity contribution >= 4 is 33.8 Å². The summed E-state index contributed by atoms with van der Waals surface area (Å²) in [7, 11) is 0. The van der Waals surface area contributed by atoms with E-state index in [0.29, 0.717) is 9.96 Å². The lowest BCUT2D eigenvalue weighted by molar-refractivity contribution is 0.842. The number of aromatic nitrogens is 1. The van der Waals surface area contributed by atoms with Gasteiger partial charge in [0, 0.05) is 5.22 Å². The average Bonchev–Trinajstić information content (AvgIpc) is 2.55. The van der Waals surface area contributed by atoms with Crippen LogP contribution < -0.4 is 22.1 Å². The van der Waals surface area contributed by atoms with Crippen molar-refractivity contribution in [3.8, 4) is 0 Å². The molecular formula is C12H14BrN3OS. The van der Waals surface area contributed by atoms with Gasteiger partial charge < -0.3 is 5.84 Å². The molecule has 18 heavy (non-hydrogen) atoms. The summed E-state index contributed by atoms with van der Waals surface area (Å²) in [6.45, 7) is 2.11. The molecule has 0 radical (unpaired) electrons. The van der Waals surface area contributed by atoms with Gasteiger partial charge in [0.25, 0.3) is 5.56 Å². The molecule has 1 aromatic heterocycles. The van der Waals surface area contributed by atoms with Gasteiger partial charge in [0.1, 0.15) is 0 Å². The second kappa shape index (κ2) is 5.32. The Hall–Kier alpha value is -1.01. The fourth-order valence-corrected chi connectivity index (χ4v) is 2.99. The minimum absolute atomic E-state index is 0.272. The monoisotopic (exact) mass is 327 g/mol. The second-order valence-corrected chi connectivity index (χ2v) is 5.58. The molecule has 0 aromatic carbocycles. The van der Waals surface area contributed by atoms with Crippen LogP contribution in [0.2, 0.25) is 0 Å². The van der Waals surface area contributed by atoms with Crippen molar-refractivity contribution in [1.82, 2.24) is 4.68 Å². The van der Waals surface area contributed by atoms with E-state index in [4.69, 9.17) is 5.84 Å². The molecule has 0 saturated carbocycles. The van der Waals surface area contributed by atoms with E-state index in [9.17, 15) is 4.79 Å². The van der Waals surface area contributed by atoms with E-state index >= 15 is 0 Å². The number of hydrogen-bond donors (Lipinski definition) is 1. The highest BCUT2D eigenvalue weighted by Crippen LogP contribution is 2.23.